The Morgan fingerprint density at radius 1 is 1.31 bits per heavy atom. The van der Waals surface area contributed by atoms with Gasteiger partial charge in [-0.25, -0.2) is 13.6 Å². The van der Waals surface area contributed by atoms with E-state index in [2.05, 4.69) is 10.6 Å². The van der Waals surface area contributed by atoms with Crippen molar-refractivity contribution in [3.63, 3.8) is 0 Å². The Morgan fingerprint density at radius 3 is 2.54 bits per heavy atom. The second-order valence-electron chi connectivity index (χ2n) is 6.06. The predicted molar refractivity (Wildman–Crippen MR) is 89.9 cm³/mol. The standard InChI is InChI=1S/C15H21F3N4O3S/c16-15(17,18)13(22-6-4-20-5-7-22)9-21-14(23)12-3-1-2-11(8-12)10-26(19,24)25/h1-3,8,13,20H,4-7,9-10H2,(H,21,23)(H2,19,24,25). The van der Waals surface area contributed by atoms with Gasteiger partial charge in [0.05, 0.1) is 5.75 Å². The summed E-state index contributed by atoms with van der Waals surface area (Å²) in [6.45, 7) is 0.807. The van der Waals surface area contributed by atoms with Crippen LogP contribution >= 0.6 is 0 Å². The second kappa shape index (κ2) is 8.33. The molecular weight excluding hydrogens is 373 g/mol. The summed E-state index contributed by atoms with van der Waals surface area (Å²) in [6.07, 6.45) is -4.47. The average Bonchev–Trinajstić information content (AvgIpc) is 2.53. The number of benzene rings is 1. The Kier molecular flexibility index (Phi) is 6.61. The lowest BCUT2D eigenvalue weighted by atomic mass is 10.1. The number of piperazine rings is 1. The minimum absolute atomic E-state index is 0.0763. The molecule has 1 aromatic rings. The highest BCUT2D eigenvalue weighted by Gasteiger charge is 2.43. The number of hydrogen-bond donors (Lipinski definition) is 3. The Morgan fingerprint density at radius 2 is 1.96 bits per heavy atom. The number of sulfonamides is 1. The molecule has 0 saturated carbocycles. The van der Waals surface area contributed by atoms with Crippen molar-refractivity contribution >= 4 is 15.9 Å². The molecule has 0 spiro atoms. The van der Waals surface area contributed by atoms with Crippen molar-refractivity contribution in [3.8, 4) is 0 Å². The molecule has 1 aliphatic rings. The molecule has 146 valence electrons. The van der Waals surface area contributed by atoms with Crippen LogP contribution in [0.25, 0.3) is 0 Å². The van der Waals surface area contributed by atoms with Crippen LogP contribution in [0.1, 0.15) is 15.9 Å². The molecule has 11 heteroatoms. The zero-order valence-corrected chi connectivity index (χ0v) is 14.7. The van der Waals surface area contributed by atoms with Crippen molar-refractivity contribution in [2.24, 2.45) is 5.14 Å². The van der Waals surface area contributed by atoms with Crippen molar-refractivity contribution in [1.82, 2.24) is 15.5 Å². The van der Waals surface area contributed by atoms with Gasteiger partial charge in [-0.3, -0.25) is 9.69 Å². The number of halogens is 3. The van der Waals surface area contributed by atoms with Crippen molar-refractivity contribution in [3.05, 3.63) is 35.4 Å². The fourth-order valence-corrected chi connectivity index (χ4v) is 3.42. The number of primary sulfonamides is 1. The molecule has 0 aliphatic carbocycles. The SMILES string of the molecule is NS(=O)(=O)Cc1cccc(C(=O)NCC(N2CCNCC2)C(F)(F)F)c1. The molecule has 1 heterocycles. The topological polar surface area (TPSA) is 105 Å². The molecule has 4 N–H and O–H groups in total. The molecular formula is C15H21F3N4O3S. The van der Waals surface area contributed by atoms with Gasteiger partial charge in [0.15, 0.2) is 0 Å². The van der Waals surface area contributed by atoms with Crippen LogP contribution in [-0.4, -0.2) is 64.2 Å². The van der Waals surface area contributed by atoms with E-state index in [1.54, 1.807) is 0 Å². The molecule has 1 amide bonds. The Hall–Kier alpha value is -1.69. The van der Waals surface area contributed by atoms with Gasteiger partial charge in [0, 0.05) is 38.3 Å². The van der Waals surface area contributed by atoms with Crippen LogP contribution in [0.15, 0.2) is 24.3 Å². The van der Waals surface area contributed by atoms with E-state index < -0.39 is 40.4 Å². The number of amides is 1. The van der Waals surface area contributed by atoms with Gasteiger partial charge in [-0.05, 0) is 17.7 Å². The Labute approximate surface area is 149 Å². The molecule has 1 unspecified atom stereocenters. The lowest BCUT2D eigenvalue weighted by Crippen LogP contribution is -2.57. The minimum Gasteiger partial charge on any atom is -0.350 e. The molecule has 1 atom stereocenters. The number of nitrogens with one attached hydrogen (secondary N) is 2. The highest BCUT2D eigenvalue weighted by Crippen LogP contribution is 2.24. The molecule has 0 radical (unpaired) electrons. The third-order valence-corrected chi connectivity index (χ3v) is 4.72. The number of rotatable bonds is 6. The van der Waals surface area contributed by atoms with Crippen molar-refractivity contribution in [2.75, 3.05) is 32.7 Å². The monoisotopic (exact) mass is 394 g/mol. The molecule has 0 bridgehead atoms. The first-order valence-electron chi connectivity index (χ1n) is 7.95. The maximum Gasteiger partial charge on any atom is 0.405 e. The minimum atomic E-state index is -4.47. The predicted octanol–water partition coefficient (Wildman–Crippen LogP) is 0.0410. The summed E-state index contributed by atoms with van der Waals surface area (Å²) in [5, 5.41) is 10.2. The van der Waals surface area contributed by atoms with Gasteiger partial charge in [0.2, 0.25) is 10.0 Å². The van der Waals surface area contributed by atoms with Gasteiger partial charge < -0.3 is 10.6 Å². The van der Waals surface area contributed by atoms with E-state index in [0.29, 0.717) is 13.1 Å². The molecule has 7 nitrogen and oxygen atoms in total. The quantitative estimate of drug-likeness (QED) is 0.632. The molecule has 1 fully saturated rings. The lowest BCUT2D eigenvalue weighted by Gasteiger charge is -2.35. The molecule has 1 aromatic carbocycles. The molecule has 2 rings (SSSR count). The molecule has 1 saturated heterocycles. The van der Waals surface area contributed by atoms with Crippen molar-refractivity contribution in [1.29, 1.82) is 0 Å². The third-order valence-electron chi connectivity index (χ3n) is 3.98. The molecule has 0 aromatic heterocycles. The number of nitrogens with two attached hydrogens (primary N) is 1. The lowest BCUT2D eigenvalue weighted by molar-refractivity contribution is -0.183. The zero-order chi connectivity index (χ0) is 19.4. The van der Waals surface area contributed by atoms with Gasteiger partial charge in [0.25, 0.3) is 5.91 Å². The maximum absolute atomic E-state index is 13.3. The number of carbonyl (C=O) groups is 1. The number of carbonyl (C=O) groups excluding carboxylic acids is 1. The Bertz CT molecular complexity index is 734. The van der Waals surface area contributed by atoms with E-state index in [-0.39, 0.29) is 24.2 Å². The van der Waals surface area contributed by atoms with Crippen LogP contribution < -0.4 is 15.8 Å². The van der Waals surface area contributed by atoms with Gasteiger partial charge in [-0.15, -0.1) is 0 Å². The van der Waals surface area contributed by atoms with Gasteiger partial charge in [-0.2, -0.15) is 13.2 Å². The van der Waals surface area contributed by atoms with Gasteiger partial charge in [0.1, 0.15) is 6.04 Å². The van der Waals surface area contributed by atoms with Gasteiger partial charge >= 0.3 is 6.18 Å². The van der Waals surface area contributed by atoms with Crippen LogP contribution in [0.2, 0.25) is 0 Å². The van der Waals surface area contributed by atoms with Crippen LogP contribution in [-0.2, 0) is 15.8 Å². The summed E-state index contributed by atoms with van der Waals surface area (Å²) >= 11 is 0. The highest BCUT2D eigenvalue weighted by atomic mass is 32.2. The van der Waals surface area contributed by atoms with E-state index in [1.807, 2.05) is 0 Å². The van der Waals surface area contributed by atoms with E-state index in [4.69, 9.17) is 5.14 Å². The van der Waals surface area contributed by atoms with E-state index in [9.17, 15) is 26.4 Å². The average molecular weight is 394 g/mol. The Balaban J connectivity index is 2.04. The summed E-state index contributed by atoms with van der Waals surface area (Å²) in [5.74, 6) is -1.16. The third kappa shape index (κ3) is 6.24. The number of alkyl halides is 3. The largest absolute Gasteiger partial charge is 0.405 e. The summed E-state index contributed by atoms with van der Waals surface area (Å²) in [4.78, 5) is 13.5. The van der Waals surface area contributed by atoms with Crippen LogP contribution in [0, 0.1) is 0 Å². The maximum atomic E-state index is 13.3. The summed E-state index contributed by atoms with van der Waals surface area (Å²) in [7, 11) is -3.77. The van der Waals surface area contributed by atoms with E-state index in [0.717, 1.165) is 0 Å². The number of nitrogens with zero attached hydrogens (tertiary/aromatic N) is 1. The van der Waals surface area contributed by atoms with E-state index in [1.165, 1.54) is 29.2 Å². The summed E-state index contributed by atoms with van der Waals surface area (Å²) in [5.41, 5.74) is 0.363. The fraction of sp³-hybridized carbons (Fsp3) is 0.533. The highest BCUT2D eigenvalue weighted by molar-refractivity contribution is 7.88. The van der Waals surface area contributed by atoms with Crippen LogP contribution in [0.3, 0.4) is 0 Å². The van der Waals surface area contributed by atoms with Gasteiger partial charge in [-0.1, -0.05) is 12.1 Å². The zero-order valence-electron chi connectivity index (χ0n) is 13.9. The molecule has 1 aliphatic heterocycles. The first-order chi connectivity index (χ1) is 12.1. The first-order valence-corrected chi connectivity index (χ1v) is 9.67. The van der Waals surface area contributed by atoms with Crippen LogP contribution in [0.4, 0.5) is 13.2 Å². The first kappa shape index (κ1) is 20.6. The van der Waals surface area contributed by atoms with E-state index >= 15 is 0 Å². The fourth-order valence-electron chi connectivity index (χ4n) is 2.77. The van der Waals surface area contributed by atoms with Crippen molar-refractivity contribution < 1.29 is 26.4 Å². The molecule has 26 heavy (non-hydrogen) atoms. The normalized spacial score (nSPS) is 17.7. The summed E-state index contributed by atoms with van der Waals surface area (Å²) in [6, 6.07) is 3.84. The number of hydrogen-bond acceptors (Lipinski definition) is 5. The van der Waals surface area contributed by atoms with Crippen LogP contribution in [0.5, 0.6) is 0 Å². The smallest absolute Gasteiger partial charge is 0.350 e. The second-order valence-corrected chi connectivity index (χ2v) is 7.68. The summed E-state index contributed by atoms with van der Waals surface area (Å²) < 4.78 is 62.2. The van der Waals surface area contributed by atoms with Crippen molar-refractivity contribution in [2.45, 2.75) is 18.0 Å².